The molecule has 2 aliphatic rings. The number of hydrogen-bond donors (Lipinski definition) is 1. The van der Waals surface area contributed by atoms with Crippen molar-refractivity contribution in [3.63, 3.8) is 0 Å². The van der Waals surface area contributed by atoms with Gasteiger partial charge in [-0.2, -0.15) is 9.64 Å². The molecule has 2 atom stereocenters. The average Bonchev–Trinajstić information content (AvgIpc) is 3.15. The standard InChI is InChI=1S/C14H20N4S2/c1-2-12-16-13(20-18-12)19-11-4-3-7-14(8-11,9-15)17-10-5-6-10/h10-11,17H,2-8H2,1H3. The second kappa shape index (κ2) is 6.00. The third-order valence-corrected chi connectivity index (χ3v) is 6.10. The lowest BCUT2D eigenvalue weighted by Crippen LogP contribution is -2.49. The smallest absolute Gasteiger partial charge is 0.170 e. The van der Waals surface area contributed by atoms with Crippen LogP contribution < -0.4 is 5.32 Å². The molecule has 0 radical (unpaired) electrons. The molecule has 1 aromatic rings. The maximum Gasteiger partial charge on any atom is 0.170 e. The summed E-state index contributed by atoms with van der Waals surface area (Å²) in [5.74, 6) is 0.941. The lowest BCUT2D eigenvalue weighted by atomic mass is 9.82. The van der Waals surface area contributed by atoms with Crippen LogP contribution in [0.2, 0.25) is 0 Å². The highest BCUT2D eigenvalue weighted by Gasteiger charge is 2.40. The maximum absolute atomic E-state index is 9.60. The molecule has 2 fully saturated rings. The molecule has 2 saturated carbocycles. The van der Waals surface area contributed by atoms with Gasteiger partial charge in [-0.25, -0.2) is 4.98 Å². The van der Waals surface area contributed by atoms with Crippen molar-refractivity contribution in [1.29, 1.82) is 5.26 Å². The van der Waals surface area contributed by atoms with Crippen LogP contribution in [0, 0.1) is 11.3 Å². The van der Waals surface area contributed by atoms with Crippen molar-refractivity contribution in [2.75, 3.05) is 0 Å². The van der Waals surface area contributed by atoms with E-state index in [1.54, 1.807) is 0 Å². The van der Waals surface area contributed by atoms with Crippen LogP contribution in [0.15, 0.2) is 4.34 Å². The summed E-state index contributed by atoms with van der Waals surface area (Å²) in [6.07, 6.45) is 7.60. The zero-order valence-corrected chi connectivity index (χ0v) is 13.4. The number of nitrogens with one attached hydrogen (secondary N) is 1. The second-order valence-electron chi connectivity index (χ2n) is 5.78. The molecule has 6 heteroatoms. The first-order chi connectivity index (χ1) is 9.73. The van der Waals surface area contributed by atoms with Gasteiger partial charge in [0.25, 0.3) is 0 Å². The number of rotatable bonds is 5. The van der Waals surface area contributed by atoms with E-state index in [0.717, 1.165) is 35.8 Å². The Bertz CT molecular complexity index is 506. The molecule has 0 aromatic carbocycles. The Labute approximate surface area is 128 Å². The van der Waals surface area contributed by atoms with E-state index in [0.29, 0.717) is 11.3 Å². The van der Waals surface area contributed by atoms with Gasteiger partial charge in [0.2, 0.25) is 0 Å². The van der Waals surface area contributed by atoms with Crippen molar-refractivity contribution < 1.29 is 0 Å². The molecule has 1 heterocycles. The molecule has 1 N–H and O–H groups in total. The van der Waals surface area contributed by atoms with E-state index in [-0.39, 0.29) is 5.54 Å². The van der Waals surface area contributed by atoms with Crippen molar-refractivity contribution in [3.8, 4) is 6.07 Å². The first kappa shape index (κ1) is 14.3. The summed E-state index contributed by atoms with van der Waals surface area (Å²) in [6.45, 7) is 2.08. The molecule has 4 nitrogen and oxygen atoms in total. The summed E-state index contributed by atoms with van der Waals surface area (Å²) in [6, 6.07) is 3.15. The van der Waals surface area contributed by atoms with Crippen LogP contribution >= 0.6 is 23.3 Å². The predicted molar refractivity (Wildman–Crippen MR) is 81.9 cm³/mol. The summed E-state index contributed by atoms with van der Waals surface area (Å²) >= 11 is 3.32. The van der Waals surface area contributed by atoms with Gasteiger partial charge in [0.05, 0.1) is 6.07 Å². The van der Waals surface area contributed by atoms with Gasteiger partial charge in [0.1, 0.15) is 11.4 Å². The van der Waals surface area contributed by atoms with E-state index in [9.17, 15) is 5.26 Å². The van der Waals surface area contributed by atoms with Crippen molar-refractivity contribution in [2.24, 2.45) is 0 Å². The van der Waals surface area contributed by atoms with Gasteiger partial charge in [-0.3, -0.25) is 5.32 Å². The molecular formula is C14H20N4S2. The monoisotopic (exact) mass is 308 g/mol. The van der Waals surface area contributed by atoms with Gasteiger partial charge < -0.3 is 0 Å². The number of nitrogens with zero attached hydrogens (tertiary/aromatic N) is 3. The maximum atomic E-state index is 9.60. The van der Waals surface area contributed by atoms with Crippen LogP contribution in [0.5, 0.6) is 0 Å². The second-order valence-corrected chi connectivity index (χ2v) is 8.08. The lowest BCUT2D eigenvalue weighted by Gasteiger charge is -2.36. The Kier molecular flexibility index (Phi) is 4.29. The van der Waals surface area contributed by atoms with Gasteiger partial charge in [-0.15, -0.1) is 0 Å². The summed E-state index contributed by atoms with van der Waals surface area (Å²) in [5, 5.41) is 13.7. The zero-order chi connectivity index (χ0) is 14.0. The quantitative estimate of drug-likeness (QED) is 0.905. The van der Waals surface area contributed by atoms with Crippen molar-refractivity contribution in [3.05, 3.63) is 5.82 Å². The summed E-state index contributed by atoms with van der Waals surface area (Å²) < 4.78 is 5.41. The van der Waals surface area contributed by atoms with E-state index >= 15 is 0 Å². The van der Waals surface area contributed by atoms with E-state index in [2.05, 4.69) is 27.7 Å². The first-order valence-electron chi connectivity index (χ1n) is 7.41. The number of thioether (sulfide) groups is 1. The fraction of sp³-hybridized carbons (Fsp3) is 0.786. The van der Waals surface area contributed by atoms with E-state index < -0.39 is 0 Å². The molecule has 0 aliphatic heterocycles. The van der Waals surface area contributed by atoms with Crippen molar-refractivity contribution in [1.82, 2.24) is 14.7 Å². The van der Waals surface area contributed by atoms with Crippen LogP contribution in [-0.2, 0) is 6.42 Å². The third kappa shape index (κ3) is 3.33. The molecule has 0 amide bonds. The number of hydrogen-bond acceptors (Lipinski definition) is 6. The highest BCUT2D eigenvalue weighted by atomic mass is 32.2. The Hall–Kier alpha value is -0.640. The SMILES string of the molecule is CCc1nsc(SC2CCCC(C#N)(NC3CC3)C2)n1. The molecule has 2 aliphatic carbocycles. The Balaban J connectivity index is 1.63. The molecule has 108 valence electrons. The van der Waals surface area contributed by atoms with Crippen molar-refractivity contribution in [2.45, 2.75) is 73.0 Å². The van der Waals surface area contributed by atoms with Crippen LogP contribution in [0.4, 0.5) is 0 Å². The van der Waals surface area contributed by atoms with E-state index in [4.69, 9.17) is 0 Å². The highest BCUT2D eigenvalue weighted by molar-refractivity contribution is 8.01. The number of nitriles is 1. The van der Waals surface area contributed by atoms with Crippen LogP contribution in [-0.4, -0.2) is 26.2 Å². The topological polar surface area (TPSA) is 61.6 Å². The molecule has 0 bridgehead atoms. The molecule has 3 rings (SSSR count). The highest BCUT2D eigenvalue weighted by Crippen LogP contribution is 2.40. The molecule has 1 aromatic heterocycles. The summed E-state index contributed by atoms with van der Waals surface area (Å²) in [4.78, 5) is 4.54. The largest absolute Gasteiger partial charge is 0.297 e. The minimum absolute atomic E-state index is 0.296. The van der Waals surface area contributed by atoms with E-state index in [1.807, 2.05) is 11.8 Å². The summed E-state index contributed by atoms with van der Waals surface area (Å²) in [5.41, 5.74) is -0.296. The molecular weight excluding hydrogens is 288 g/mol. The Morgan fingerprint density at radius 3 is 3.00 bits per heavy atom. The Morgan fingerprint density at radius 1 is 1.50 bits per heavy atom. The van der Waals surface area contributed by atoms with Crippen molar-refractivity contribution >= 4 is 23.3 Å². The minimum atomic E-state index is -0.296. The number of aromatic nitrogens is 2. The third-order valence-electron chi connectivity index (χ3n) is 4.01. The molecule has 0 spiro atoms. The predicted octanol–water partition coefficient (Wildman–Crippen LogP) is 3.15. The van der Waals surface area contributed by atoms with Crippen LogP contribution in [0.3, 0.4) is 0 Å². The first-order valence-corrected chi connectivity index (χ1v) is 9.06. The van der Waals surface area contributed by atoms with Gasteiger partial charge in [0.15, 0.2) is 4.34 Å². The van der Waals surface area contributed by atoms with E-state index in [1.165, 1.54) is 30.8 Å². The van der Waals surface area contributed by atoms with Gasteiger partial charge >= 0.3 is 0 Å². The normalized spacial score (nSPS) is 30.1. The van der Waals surface area contributed by atoms with Crippen LogP contribution in [0.25, 0.3) is 0 Å². The Morgan fingerprint density at radius 2 is 2.35 bits per heavy atom. The minimum Gasteiger partial charge on any atom is -0.297 e. The lowest BCUT2D eigenvalue weighted by molar-refractivity contribution is 0.301. The summed E-state index contributed by atoms with van der Waals surface area (Å²) in [7, 11) is 0. The van der Waals surface area contributed by atoms with Crippen LogP contribution in [0.1, 0.15) is 51.3 Å². The van der Waals surface area contributed by atoms with Gasteiger partial charge in [-0.1, -0.05) is 18.7 Å². The van der Waals surface area contributed by atoms with Gasteiger partial charge in [-0.05, 0) is 50.1 Å². The molecule has 0 saturated heterocycles. The van der Waals surface area contributed by atoms with Gasteiger partial charge in [0, 0.05) is 17.7 Å². The molecule has 20 heavy (non-hydrogen) atoms. The molecule has 2 unspecified atom stereocenters. The zero-order valence-electron chi connectivity index (χ0n) is 11.8. The fourth-order valence-corrected chi connectivity index (χ4v) is 5.07. The average molecular weight is 308 g/mol. The number of aryl methyl sites for hydroxylation is 1. The fourth-order valence-electron chi connectivity index (χ4n) is 2.78.